The summed E-state index contributed by atoms with van der Waals surface area (Å²) in [4.78, 5) is 11.8. The molecule has 0 saturated heterocycles. The molecule has 1 unspecified atom stereocenters. The van der Waals surface area contributed by atoms with E-state index in [2.05, 4.69) is 10.6 Å². The van der Waals surface area contributed by atoms with Crippen molar-refractivity contribution < 1.29 is 64.6 Å². The third-order valence-electron chi connectivity index (χ3n) is 3.31. The minimum atomic E-state index is -4.25. The Hall–Kier alpha value is -0.454. The fourth-order valence-corrected chi connectivity index (χ4v) is 3.34. The average molecular weight is 376 g/mol. The molecule has 2 aromatic rings. The second-order valence-electron chi connectivity index (χ2n) is 4.79. The van der Waals surface area contributed by atoms with E-state index in [1.165, 1.54) is 6.07 Å². The zero-order valence-corrected chi connectivity index (χ0v) is 16.8. The summed E-state index contributed by atoms with van der Waals surface area (Å²) in [7, 11) is -4.25. The predicted octanol–water partition coefficient (Wildman–Crippen LogP) is -0.0610. The molecule has 0 fully saturated rings. The van der Waals surface area contributed by atoms with Crippen LogP contribution >= 0.6 is 11.6 Å². The van der Waals surface area contributed by atoms with Gasteiger partial charge in [0.1, 0.15) is 16.2 Å². The van der Waals surface area contributed by atoms with E-state index in [9.17, 15) is 13.2 Å². The summed E-state index contributed by atoms with van der Waals surface area (Å²) in [6.45, 7) is 0. The summed E-state index contributed by atoms with van der Waals surface area (Å²) >= 11 is 5.92. The van der Waals surface area contributed by atoms with Crippen LogP contribution in [0.2, 0.25) is 5.02 Å². The van der Waals surface area contributed by atoms with Crippen LogP contribution in [-0.2, 0) is 10.0 Å². The van der Waals surface area contributed by atoms with Gasteiger partial charge in [-0.1, -0.05) is 41.9 Å². The van der Waals surface area contributed by atoms with Gasteiger partial charge in [0.15, 0.2) is 0 Å². The van der Waals surface area contributed by atoms with E-state index in [0.717, 1.165) is 11.6 Å². The van der Waals surface area contributed by atoms with Crippen molar-refractivity contribution in [3.63, 3.8) is 0 Å². The molecule has 1 atom stereocenters. The summed E-state index contributed by atoms with van der Waals surface area (Å²) in [6.07, 6.45) is -0.435. The van der Waals surface area contributed by atoms with Gasteiger partial charge in [-0.05, 0) is 17.7 Å². The van der Waals surface area contributed by atoms with E-state index in [1.807, 2.05) is 30.3 Å². The topological polar surface area (TPSA) is 99.1 Å². The van der Waals surface area contributed by atoms with Gasteiger partial charge in [0.2, 0.25) is 0 Å². The second-order valence-corrected chi connectivity index (χ2v) is 6.65. The number of rotatable bonds is 2. The average Bonchev–Trinajstić information content (AvgIpc) is 2.46. The van der Waals surface area contributed by atoms with Crippen molar-refractivity contribution in [2.24, 2.45) is 0 Å². The number of hydrogen-bond donors (Lipinski definition) is 2. The van der Waals surface area contributed by atoms with Crippen molar-refractivity contribution in [3.05, 3.63) is 63.8 Å². The van der Waals surface area contributed by atoms with Crippen LogP contribution in [0.5, 0.6) is 0 Å². The normalized spacial score (nSPS) is 16.6. The Bertz CT molecular complexity index is 859. The molecule has 6 nitrogen and oxygen atoms in total. The molecule has 114 valence electrons. The molecule has 0 spiro atoms. The fourth-order valence-electron chi connectivity index (χ4n) is 2.28. The number of carbonyl (C=O) groups is 1. The maximum absolute atomic E-state index is 12.2. The Kier molecular flexibility index (Phi) is 5.91. The zero-order chi connectivity index (χ0) is 15.9. The van der Waals surface area contributed by atoms with Crippen molar-refractivity contribution in [2.45, 2.75) is 11.1 Å². The standard InChI is InChI=1S/C14H12ClN3O3S.K/c15-10-7-11-9(6-12(10)22(16,20)21)14(19)18-13(17-11)8-4-2-1-3-5-8;/h1-7,13H,(H4,16,17,18,19,20,21);/q;+1/p-1. The van der Waals surface area contributed by atoms with Crippen LogP contribution in [0.15, 0.2) is 47.4 Å². The summed E-state index contributed by atoms with van der Waals surface area (Å²) in [5, 5.41) is 12.8. The van der Waals surface area contributed by atoms with Gasteiger partial charge in [-0.2, -0.15) is 0 Å². The van der Waals surface area contributed by atoms with Crippen LogP contribution < -0.4 is 62.0 Å². The van der Waals surface area contributed by atoms with Crippen LogP contribution in [0, 0.1) is 0 Å². The fraction of sp³-hybridized carbons (Fsp3) is 0.0714. The third-order valence-corrected chi connectivity index (χ3v) is 4.66. The SMILES string of the molecule is [K+].[NH-]S(=O)(=O)c1cc2c(cc1Cl)NC(c1ccccc1)NC2=O. The number of anilines is 1. The van der Waals surface area contributed by atoms with Crippen molar-refractivity contribution in [1.82, 2.24) is 5.32 Å². The first kappa shape index (κ1) is 18.9. The van der Waals surface area contributed by atoms with Gasteiger partial charge in [0, 0.05) is 0 Å². The molecule has 1 aliphatic rings. The maximum atomic E-state index is 12.2. The number of fused-ring (bicyclic) bond motifs is 1. The van der Waals surface area contributed by atoms with Crippen LogP contribution in [0.25, 0.3) is 5.14 Å². The minimum Gasteiger partial charge on any atom is -0.560 e. The van der Waals surface area contributed by atoms with Gasteiger partial charge in [-0.25, -0.2) is 8.42 Å². The summed E-state index contributed by atoms with van der Waals surface area (Å²) < 4.78 is 22.7. The first-order valence-corrected chi connectivity index (χ1v) is 8.18. The largest absolute Gasteiger partial charge is 1.00 e. The Morgan fingerprint density at radius 1 is 1.09 bits per heavy atom. The molecule has 23 heavy (non-hydrogen) atoms. The van der Waals surface area contributed by atoms with E-state index in [1.54, 1.807) is 0 Å². The molecule has 9 heteroatoms. The molecule has 0 radical (unpaired) electrons. The summed E-state index contributed by atoms with van der Waals surface area (Å²) in [6, 6.07) is 11.7. The van der Waals surface area contributed by atoms with Crippen molar-refractivity contribution in [2.75, 3.05) is 5.32 Å². The van der Waals surface area contributed by atoms with Crippen LogP contribution in [0.3, 0.4) is 0 Å². The quantitative estimate of drug-likeness (QED) is 0.718. The zero-order valence-electron chi connectivity index (χ0n) is 12.1. The number of nitrogens with one attached hydrogen (secondary N) is 3. The molecule has 2 aromatic carbocycles. The molecule has 3 rings (SSSR count). The van der Waals surface area contributed by atoms with Gasteiger partial charge in [-0.3, -0.25) is 4.79 Å². The first-order valence-electron chi connectivity index (χ1n) is 6.32. The van der Waals surface area contributed by atoms with Crippen LogP contribution in [0.4, 0.5) is 5.69 Å². The minimum absolute atomic E-state index is 0. The van der Waals surface area contributed by atoms with Gasteiger partial charge in [0.05, 0.1) is 21.2 Å². The monoisotopic (exact) mass is 375 g/mol. The van der Waals surface area contributed by atoms with Gasteiger partial charge in [-0.15, -0.1) is 0 Å². The van der Waals surface area contributed by atoms with E-state index >= 15 is 0 Å². The van der Waals surface area contributed by atoms with Crippen molar-refractivity contribution in [3.8, 4) is 0 Å². The molecule has 0 saturated carbocycles. The summed E-state index contributed by atoms with van der Waals surface area (Å²) in [5.41, 5.74) is 1.42. The molecule has 3 N–H and O–H groups in total. The maximum Gasteiger partial charge on any atom is 1.00 e. The van der Waals surface area contributed by atoms with Crippen molar-refractivity contribution in [1.29, 1.82) is 0 Å². The van der Waals surface area contributed by atoms with E-state index < -0.39 is 22.1 Å². The number of benzene rings is 2. The van der Waals surface area contributed by atoms with Gasteiger partial charge in [0.25, 0.3) is 5.91 Å². The molecule has 0 bridgehead atoms. The van der Waals surface area contributed by atoms with E-state index in [4.69, 9.17) is 16.7 Å². The van der Waals surface area contributed by atoms with E-state index in [-0.39, 0.29) is 66.9 Å². The molecule has 1 amide bonds. The number of sulfonamides is 1. The Labute approximate surface area is 181 Å². The van der Waals surface area contributed by atoms with Crippen LogP contribution in [-0.4, -0.2) is 14.3 Å². The predicted molar refractivity (Wildman–Crippen MR) is 83.2 cm³/mol. The number of halogens is 1. The molecule has 1 aliphatic heterocycles. The Morgan fingerprint density at radius 2 is 1.74 bits per heavy atom. The Balaban J connectivity index is 0.00000192. The molecule has 0 aliphatic carbocycles. The van der Waals surface area contributed by atoms with E-state index in [0.29, 0.717) is 5.69 Å². The molecule has 1 heterocycles. The van der Waals surface area contributed by atoms with Crippen molar-refractivity contribution >= 4 is 33.2 Å². The smallest absolute Gasteiger partial charge is 0.560 e. The van der Waals surface area contributed by atoms with Gasteiger partial charge < -0.3 is 15.8 Å². The Morgan fingerprint density at radius 3 is 2.35 bits per heavy atom. The second kappa shape index (κ2) is 7.20. The molecular formula is C14H11ClKN3O3S. The molecular weight excluding hydrogens is 365 g/mol. The van der Waals surface area contributed by atoms with Gasteiger partial charge >= 0.3 is 51.4 Å². The number of carbonyl (C=O) groups excluding carboxylic acids is 1. The number of hydrogen-bond acceptors (Lipinski definition) is 4. The first-order chi connectivity index (χ1) is 10.4. The van der Waals surface area contributed by atoms with Crippen LogP contribution in [0.1, 0.15) is 22.1 Å². The summed E-state index contributed by atoms with van der Waals surface area (Å²) in [5.74, 6) is -0.427. The molecule has 0 aromatic heterocycles. The number of amides is 1. The third kappa shape index (κ3) is 3.97.